The number of rotatable bonds is 6. The molecule has 1 aliphatic heterocycles. The third-order valence-corrected chi connectivity index (χ3v) is 8.99. The van der Waals surface area contributed by atoms with Crippen molar-refractivity contribution in [2.75, 3.05) is 39.0 Å². The zero-order valence-corrected chi connectivity index (χ0v) is 24.1. The number of hydrogen-bond donors (Lipinski definition) is 3. The number of benzene rings is 2. The number of nitrogens with two attached hydrogens (primary N) is 1. The Morgan fingerprint density at radius 3 is 2.58 bits per heavy atom. The Balaban J connectivity index is 1.14. The van der Waals surface area contributed by atoms with Crippen molar-refractivity contribution in [2.45, 2.75) is 44.2 Å². The zero-order valence-electron chi connectivity index (χ0n) is 24.1. The third-order valence-electron chi connectivity index (χ3n) is 8.99. The van der Waals surface area contributed by atoms with E-state index in [2.05, 4.69) is 25.9 Å². The number of piperazine rings is 1. The molecule has 1 saturated heterocycles. The van der Waals surface area contributed by atoms with Crippen LogP contribution in [0.15, 0.2) is 48.8 Å². The highest BCUT2D eigenvalue weighted by atomic mass is 16.5. The van der Waals surface area contributed by atoms with Crippen LogP contribution in [0, 0.1) is 0 Å². The Kier molecular flexibility index (Phi) is 7.05. The average molecular weight is 582 g/mol. The van der Waals surface area contributed by atoms with Crippen molar-refractivity contribution < 1.29 is 14.6 Å². The van der Waals surface area contributed by atoms with E-state index in [0.29, 0.717) is 31.4 Å². The van der Waals surface area contributed by atoms with Crippen molar-refractivity contribution in [3.8, 4) is 17.0 Å². The number of H-pyrrole nitrogens is 1. The van der Waals surface area contributed by atoms with E-state index in [1.165, 1.54) is 11.2 Å². The van der Waals surface area contributed by atoms with Crippen LogP contribution in [0.1, 0.15) is 43.1 Å². The molecule has 0 unspecified atom stereocenters. The molecule has 0 bridgehead atoms. The lowest BCUT2D eigenvalue weighted by Crippen LogP contribution is -2.52. The van der Waals surface area contributed by atoms with Crippen LogP contribution in [-0.2, 0) is 6.42 Å². The van der Waals surface area contributed by atoms with Crippen molar-refractivity contribution >= 4 is 34.0 Å². The second-order valence-electron chi connectivity index (χ2n) is 11.4. The maximum absolute atomic E-state index is 11.3. The van der Waals surface area contributed by atoms with Crippen molar-refractivity contribution in [2.24, 2.45) is 0 Å². The van der Waals surface area contributed by atoms with Gasteiger partial charge >= 0.3 is 6.09 Å². The summed E-state index contributed by atoms with van der Waals surface area (Å²) in [4.78, 5) is 32.5. The molecule has 3 aromatic heterocycles. The van der Waals surface area contributed by atoms with Gasteiger partial charge in [-0.05, 0) is 43.9 Å². The van der Waals surface area contributed by atoms with Crippen molar-refractivity contribution in [1.29, 1.82) is 0 Å². The number of fused-ring (bicyclic) bond motifs is 2. The molecule has 0 atom stereocenters. The van der Waals surface area contributed by atoms with Crippen LogP contribution in [0.3, 0.4) is 0 Å². The van der Waals surface area contributed by atoms with E-state index in [-0.39, 0.29) is 6.04 Å². The van der Waals surface area contributed by atoms with Gasteiger partial charge in [0.2, 0.25) is 0 Å². The van der Waals surface area contributed by atoms with Gasteiger partial charge in [-0.25, -0.2) is 24.4 Å². The minimum atomic E-state index is -0.828. The maximum atomic E-state index is 11.3. The van der Waals surface area contributed by atoms with E-state index in [4.69, 9.17) is 20.6 Å². The van der Waals surface area contributed by atoms with Crippen LogP contribution in [0.4, 0.5) is 10.6 Å². The van der Waals surface area contributed by atoms with Crippen LogP contribution in [0.5, 0.6) is 5.75 Å². The lowest BCUT2D eigenvalue weighted by Gasteiger charge is -2.41. The monoisotopic (exact) mass is 581 g/mol. The van der Waals surface area contributed by atoms with Gasteiger partial charge in [0.1, 0.15) is 29.4 Å². The molecule has 0 radical (unpaired) electrons. The summed E-state index contributed by atoms with van der Waals surface area (Å²) in [6.07, 6.45) is 5.31. The minimum absolute atomic E-state index is 0.199. The highest BCUT2D eigenvalue weighted by molar-refractivity contribution is 5.99. The topological polar surface area (TPSA) is 151 Å². The van der Waals surface area contributed by atoms with Gasteiger partial charge in [-0.2, -0.15) is 5.10 Å². The predicted molar refractivity (Wildman–Crippen MR) is 163 cm³/mol. The van der Waals surface area contributed by atoms with Crippen LogP contribution < -0.4 is 10.5 Å². The summed E-state index contributed by atoms with van der Waals surface area (Å²) in [5.41, 5.74) is 11.7. The lowest BCUT2D eigenvalue weighted by atomic mass is 9.90. The molecule has 1 aliphatic carbocycles. The summed E-state index contributed by atoms with van der Waals surface area (Å²) in [6, 6.07) is 14.7. The molecular weight excluding hydrogens is 546 g/mol. The van der Waals surface area contributed by atoms with Crippen molar-refractivity contribution in [1.82, 2.24) is 39.5 Å². The first-order valence-electron chi connectivity index (χ1n) is 14.8. The predicted octanol–water partition coefficient (Wildman–Crippen LogP) is 4.33. The fourth-order valence-corrected chi connectivity index (χ4v) is 6.72. The minimum Gasteiger partial charge on any atom is -0.496 e. The molecule has 2 fully saturated rings. The first-order chi connectivity index (χ1) is 21.0. The number of para-hydroxylation sites is 1. The molecule has 43 heavy (non-hydrogen) atoms. The molecule has 12 nitrogen and oxygen atoms in total. The Hall–Kier alpha value is -4.71. The molecular formula is C31H35N9O3. The largest absolute Gasteiger partial charge is 0.496 e. The van der Waals surface area contributed by atoms with Gasteiger partial charge in [0.25, 0.3) is 0 Å². The third kappa shape index (κ3) is 5.11. The molecule has 0 spiro atoms. The first-order valence-corrected chi connectivity index (χ1v) is 14.8. The van der Waals surface area contributed by atoms with Crippen LogP contribution >= 0.6 is 0 Å². The second kappa shape index (κ2) is 11.2. The second-order valence-corrected chi connectivity index (χ2v) is 11.4. The molecule has 4 N–H and O–H groups in total. The number of aromatic nitrogens is 6. The van der Waals surface area contributed by atoms with Gasteiger partial charge in [0.05, 0.1) is 29.6 Å². The lowest BCUT2D eigenvalue weighted by molar-refractivity contribution is 0.0671. The molecule has 2 aromatic carbocycles. The van der Waals surface area contributed by atoms with Gasteiger partial charge in [0, 0.05) is 49.8 Å². The summed E-state index contributed by atoms with van der Waals surface area (Å²) >= 11 is 0. The van der Waals surface area contributed by atoms with Crippen molar-refractivity contribution in [3.05, 3.63) is 60.2 Å². The van der Waals surface area contributed by atoms with E-state index in [0.717, 1.165) is 89.2 Å². The van der Waals surface area contributed by atoms with E-state index < -0.39 is 6.09 Å². The SMILES string of the molecule is COc1ccccc1Cc1nc2ccc(-c3nn(C4CCC(N5CCN(C(=O)O)CC5)CC4)c4ncnc(N)c34)cc2[nH]1. The highest BCUT2D eigenvalue weighted by Crippen LogP contribution is 2.37. The normalized spacial score (nSPS) is 19.7. The van der Waals surface area contributed by atoms with Crippen molar-refractivity contribution in [3.63, 3.8) is 0 Å². The number of ether oxygens (including phenoxy) is 1. The molecule has 12 heteroatoms. The van der Waals surface area contributed by atoms with Gasteiger partial charge in [0.15, 0.2) is 5.65 Å². The molecule has 4 heterocycles. The Labute approximate surface area is 248 Å². The molecule has 222 valence electrons. The number of nitrogen functional groups attached to an aromatic ring is 1. The number of anilines is 1. The fourth-order valence-electron chi connectivity index (χ4n) is 6.72. The molecule has 2 aliphatic rings. The Morgan fingerprint density at radius 1 is 1.05 bits per heavy atom. The fraction of sp³-hybridized carbons (Fsp3) is 0.387. The summed E-state index contributed by atoms with van der Waals surface area (Å²) in [6.45, 7) is 2.72. The number of carbonyl (C=O) groups is 1. The van der Waals surface area contributed by atoms with Crippen LogP contribution in [0.25, 0.3) is 33.3 Å². The first kappa shape index (κ1) is 27.1. The molecule has 1 saturated carbocycles. The Bertz CT molecular complexity index is 1780. The molecule has 1 amide bonds. The zero-order chi connectivity index (χ0) is 29.5. The number of nitrogens with one attached hydrogen (secondary N) is 1. The number of amides is 1. The van der Waals surface area contributed by atoms with E-state index in [9.17, 15) is 9.90 Å². The standard InChI is InChI=1S/C31H35N9O3/c1-43-25-5-3-2-4-19(25)17-26-35-23-11-6-20(16-24(23)36-26)28-27-29(32)33-18-34-30(27)40(37-28)22-9-7-21(8-10-22)38-12-14-39(15-13-38)31(41)42/h2-6,11,16,18,21-22H,7-10,12-15,17H2,1H3,(H,35,36)(H,41,42)(H2,32,33,34). The van der Waals surface area contributed by atoms with Crippen LogP contribution in [0.2, 0.25) is 0 Å². The smallest absolute Gasteiger partial charge is 0.407 e. The number of methoxy groups -OCH3 is 1. The molecule has 5 aromatic rings. The number of aromatic amines is 1. The molecule has 7 rings (SSSR count). The van der Waals surface area contributed by atoms with Crippen LogP contribution in [-0.4, -0.2) is 90.0 Å². The highest BCUT2D eigenvalue weighted by Gasteiger charge is 2.32. The Morgan fingerprint density at radius 2 is 1.81 bits per heavy atom. The summed E-state index contributed by atoms with van der Waals surface area (Å²) in [7, 11) is 1.68. The number of hydrogen-bond acceptors (Lipinski definition) is 8. The quantitative estimate of drug-likeness (QED) is 0.266. The van der Waals surface area contributed by atoms with Gasteiger partial charge in [-0.15, -0.1) is 0 Å². The maximum Gasteiger partial charge on any atom is 0.407 e. The van der Waals surface area contributed by atoms with E-state index >= 15 is 0 Å². The van der Waals surface area contributed by atoms with Gasteiger partial charge < -0.3 is 25.5 Å². The van der Waals surface area contributed by atoms with E-state index in [1.54, 1.807) is 7.11 Å². The number of imidazole rings is 1. The number of carboxylic acid groups (broad SMARTS) is 1. The summed E-state index contributed by atoms with van der Waals surface area (Å²) in [5.74, 6) is 2.11. The number of nitrogens with zero attached hydrogens (tertiary/aromatic N) is 7. The van der Waals surface area contributed by atoms with E-state index in [1.807, 2.05) is 41.1 Å². The van der Waals surface area contributed by atoms with Gasteiger partial charge in [-0.3, -0.25) is 4.90 Å². The average Bonchev–Trinajstić information content (AvgIpc) is 3.63. The summed E-state index contributed by atoms with van der Waals surface area (Å²) < 4.78 is 7.57. The van der Waals surface area contributed by atoms with Gasteiger partial charge in [-0.1, -0.05) is 24.3 Å². The summed E-state index contributed by atoms with van der Waals surface area (Å²) in [5, 5.41) is 15.2.